The predicted octanol–water partition coefficient (Wildman–Crippen LogP) is 2.69. The zero-order chi connectivity index (χ0) is 13.2. The molecule has 0 radical (unpaired) electrons. The van der Waals surface area contributed by atoms with Gasteiger partial charge < -0.3 is 9.67 Å². The fourth-order valence-corrected chi connectivity index (χ4v) is 2.08. The Morgan fingerprint density at radius 2 is 2.22 bits per heavy atom. The van der Waals surface area contributed by atoms with Gasteiger partial charge in [-0.3, -0.25) is 0 Å². The molecule has 4 heteroatoms. The molecular formula is C14H17FN2O. The maximum atomic E-state index is 13.2. The number of aryl methyl sites for hydroxylation is 1. The Hall–Kier alpha value is -1.68. The van der Waals surface area contributed by atoms with Gasteiger partial charge in [-0.25, -0.2) is 9.37 Å². The van der Waals surface area contributed by atoms with Crippen molar-refractivity contribution >= 4 is 0 Å². The second kappa shape index (κ2) is 4.90. The molecule has 2 aromatic rings. The van der Waals surface area contributed by atoms with Gasteiger partial charge in [0.1, 0.15) is 17.2 Å². The minimum absolute atomic E-state index is 0.360. The summed E-state index contributed by atoms with van der Waals surface area (Å²) in [7, 11) is 0. The fourth-order valence-electron chi connectivity index (χ4n) is 2.08. The normalized spacial score (nSPS) is 14.4. The van der Waals surface area contributed by atoms with Crippen molar-refractivity contribution in [1.29, 1.82) is 0 Å². The van der Waals surface area contributed by atoms with Crippen LogP contribution in [0.2, 0.25) is 0 Å². The summed E-state index contributed by atoms with van der Waals surface area (Å²) >= 11 is 0. The molecule has 0 spiro atoms. The molecule has 0 saturated carbocycles. The Labute approximate surface area is 106 Å². The smallest absolute Gasteiger partial charge is 0.145 e. The van der Waals surface area contributed by atoms with Crippen LogP contribution >= 0.6 is 0 Å². The maximum absolute atomic E-state index is 13.2. The van der Waals surface area contributed by atoms with Crippen molar-refractivity contribution in [3.63, 3.8) is 0 Å². The Morgan fingerprint density at radius 3 is 2.89 bits per heavy atom. The lowest BCUT2D eigenvalue weighted by molar-refractivity contribution is 0.0875. The Bertz CT molecular complexity index is 534. The lowest BCUT2D eigenvalue weighted by Gasteiger charge is -2.24. The SMILES string of the molecule is CCCn1ccnc1C(C)(O)c1cccc(F)c1. The van der Waals surface area contributed by atoms with Gasteiger partial charge in [-0.2, -0.15) is 0 Å². The topological polar surface area (TPSA) is 38.0 Å². The third kappa shape index (κ3) is 2.29. The van der Waals surface area contributed by atoms with E-state index in [1.807, 2.05) is 10.8 Å². The van der Waals surface area contributed by atoms with E-state index in [4.69, 9.17) is 0 Å². The number of aliphatic hydroxyl groups is 1. The van der Waals surface area contributed by atoms with E-state index in [0.29, 0.717) is 11.4 Å². The second-order valence-electron chi connectivity index (χ2n) is 4.53. The summed E-state index contributed by atoms with van der Waals surface area (Å²) in [5.74, 6) is 0.177. The first-order valence-electron chi connectivity index (χ1n) is 6.05. The van der Waals surface area contributed by atoms with Crippen LogP contribution in [0.1, 0.15) is 31.7 Å². The van der Waals surface area contributed by atoms with Gasteiger partial charge in [0.25, 0.3) is 0 Å². The lowest BCUT2D eigenvalue weighted by atomic mass is 9.95. The van der Waals surface area contributed by atoms with Gasteiger partial charge in [-0.05, 0) is 31.0 Å². The summed E-state index contributed by atoms with van der Waals surface area (Å²) in [6.07, 6.45) is 4.42. The van der Waals surface area contributed by atoms with Crippen LogP contribution in [-0.4, -0.2) is 14.7 Å². The van der Waals surface area contributed by atoms with Crippen LogP contribution < -0.4 is 0 Å². The number of aromatic nitrogens is 2. The van der Waals surface area contributed by atoms with Crippen molar-refractivity contribution in [2.75, 3.05) is 0 Å². The number of benzene rings is 1. The van der Waals surface area contributed by atoms with Crippen LogP contribution in [0.15, 0.2) is 36.7 Å². The number of nitrogens with zero attached hydrogens (tertiary/aromatic N) is 2. The summed E-state index contributed by atoms with van der Waals surface area (Å²) in [6, 6.07) is 5.99. The van der Waals surface area contributed by atoms with Gasteiger partial charge in [0, 0.05) is 18.9 Å². The van der Waals surface area contributed by atoms with E-state index in [1.165, 1.54) is 12.1 Å². The quantitative estimate of drug-likeness (QED) is 0.903. The fraction of sp³-hybridized carbons (Fsp3) is 0.357. The molecule has 96 valence electrons. The molecule has 0 fully saturated rings. The molecule has 1 atom stereocenters. The van der Waals surface area contributed by atoms with E-state index >= 15 is 0 Å². The van der Waals surface area contributed by atoms with E-state index in [-0.39, 0.29) is 5.82 Å². The molecule has 1 aromatic carbocycles. The van der Waals surface area contributed by atoms with Gasteiger partial charge >= 0.3 is 0 Å². The molecule has 2 rings (SSSR count). The van der Waals surface area contributed by atoms with Crippen LogP contribution in [0.3, 0.4) is 0 Å². The van der Waals surface area contributed by atoms with Crippen molar-refractivity contribution in [2.24, 2.45) is 0 Å². The third-order valence-electron chi connectivity index (χ3n) is 3.00. The first-order valence-corrected chi connectivity index (χ1v) is 6.05. The van der Waals surface area contributed by atoms with Crippen molar-refractivity contribution < 1.29 is 9.50 Å². The largest absolute Gasteiger partial charge is 0.377 e. The minimum Gasteiger partial charge on any atom is -0.377 e. The van der Waals surface area contributed by atoms with Gasteiger partial charge in [0.05, 0.1) is 0 Å². The number of halogens is 1. The molecule has 1 unspecified atom stereocenters. The van der Waals surface area contributed by atoms with Crippen LogP contribution in [0.25, 0.3) is 0 Å². The number of hydrogen-bond acceptors (Lipinski definition) is 2. The molecule has 0 amide bonds. The Balaban J connectivity index is 2.44. The van der Waals surface area contributed by atoms with Gasteiger partial charge in [0.2, 0.25) is 0 Å². The Kier molecular flexibility index (Phi) is 3.48. The molecule has 0 aliphatic carbocycles. The highest BCUT2D eigenvalue weighted by Gasteiger charge is 2.30. The molecule has 0 bridgehead atoms. The highest BCUT2D eigenvalue weighted by atomic mass is 19.1. The number of imidazole rings is 1. The van der Waals surface area contributed by atoms with E-state index in [2.05, 4.69) is 11.9 Å². The van der Waals surface area contributed by atoms with Crippen LogP contribution in [0.4, 0.5) is 4.39 Å². The highest BCUT2D eigenvalue weighted by molar-refractivity contribution is 5.29. The van der Waals surface area contributed by atoms with Gasteiger partial charge in [0.15, 0.2) is 0 Å². The predicted molar refractivity (Wildman–Crippen MR) is 67.6 cm³/mol. The molecule has 1 heterocycles. The van der Waals surface area contributed by atoms with E-state index < -0.39 is 5.60 Å². The van der Waals surface area contributed by atoms with Gasteiger partial charge in [-0.1, -0.05) is 19.1 Å². The summed E-state index contributed by atoms with van der Waals surface area (Å²) < 4.78 is 15.1. The molecule has 3 nitrogen and oxygen atoms in total. The molecule has 0 saturated heterocycles. The number of rotatable bonds is 4. The average molecular weight is 248 g/mol. The van der Waals surface area contributed by atoms with Crippen LogP contribution in [-0.2, 0) is 12.1 Å². The third-order valence-corrected chi connectivity index (χ3v) is 3.00. The van der Waals surface area contributed by atoms with E-state index in [0.717, 1.165) is 13.0 Å². The van der Waals surface area contributed by atoms with Crippen LogP contribution in [0.5, 0.6) is 0 Å². The zero-order valence-electron chi connectivity index (χ0n) is 10.6. The van der Waals surface area contributed by atoms with Crippen LogP contribution in [0, 0.1) is 5.82 Å². The monoisotopic (exact) mass is 248 g/mol. The van der Waals surface area contributed by atoms with Crippen molar-refractivity contribution in [2.45, 2.75) is 32.4 Å². The van der Waals surface area contributed by atoms with E-state index in [1.54, 1.807) is 25.3 Å². The van der Waals surface area contributed by atoms with Gasteiger partial charge in [-0.15, -0.1) is 0 Å². The zero-order valence-corrected chi connectivity index (χ0v) is 10.6. The van der Waals surface area contributed by atoms with Crippen molar-refractivity contribution in [3.05, 3.63) is 53.9 Å². The second-order valence-corrected chi connectivity index (χ2v) is 4.53. The average Bonchev–Trinajstić information content (AvgIpc) is 2.78. The molecular weight excluding hydrogens is 231 g/mol. The van der Waals surface area contributed by atoms with Crippen molar-refractivity contribution in [1.82, 2.24) is 9.55 Å². The van der Waals surface area contributed by atoms with Crippen molar-refractivity contribution in [3.8, 4) is 0 Å². The first-order chi connectivity index (χ1) is 8.55. The lowest BCUT2D eigenvalue weighted by Crippen LogP contribution is -2.27. The molecule has 0 aliphatic heterocycles. The van der Waals surface area contributed by atoms with E-state index in [9.17, 15) is 9.50 Å². The summed E-state index contributed by atoms with van der Waals surface area (Å²) in [4.78, 5) is 4.20. The maximum Gasteiger partial charge on any atom is 0.145 e. The molecule has 18 heavy (non-hydrogen) atoms. The highest BCUT2D eigenvalue weighted by Crippen LogP contribution is 2.28. The summed E-state index contributed by atoms with van der Waals surface area (Å²) in [6.45, 7) is 4.47. The molecule has 0 aliphatic rings. The standard InChI is InChI=1S/C14H17FN2O/c1-3-8-17-9-7-16-13(17)14(2,18)11-5-4-6-12(15)10-11/h4-7,9-10,18H,3,8H2,1-2H3. The summed E-state index contributed by atoms with van der Waals surface area (Å²) in [5.41, 5.74) is -0.785. The summed E-state index contributed by atoms with van der Waals surface area (Å²) in [5, 5.41) is 10.6. The number of hydrogen-bond donors (Lipinski definition) is 1. The Morgan fingerprint density at radius 1 is 1.44 bits per heavy atom. The molecule has 1 N–H and O–H groups in total. The minimum atomic E-state index is -1.29. The first kappa shape index (κ1) is 12.8. The molecule has 1 aromatic heterocycles.